The van der Waals surface area contributed by atoms with Crippen LogP contribution in [0.3, 0.4) is 0 Å². The van der Waals surface area contributed by atoms with E-state index in [4.69, 9.17) is 10.2 Å². The molecule has 0 aliphatic carbocycles. The maximum Gasteiger partial charge on any atom is 0.292 e. The van der Waals surface area contributed by atoms with E-state index in [1.165, 1.54) is 0 Å². The lowest BCUT2D eigenvalue weighted by Crippen LogP contribution is -2.21. The van der Waals surface area contributed by atoms with Crippen molar-refractivity contribution in [2.45, 2.75) is 12.8 Å². The van der Waals surface area contributed by atoms with Crippen molar-refractivity contribution in [2.75, 3.05) is 25.9 Å². The number of hydrogen-bond acceptors (Lipinski definition) is 4. The molecule has 0 saturated carbocycles. The molecule has 1 aliphatic heterocycles. The minimum Gasteiger partial charge on any atom is -0.429 e. The minimum absolute atomic E-state index is 0.310. The van der Waals surface area contributed by atoms with Gasteiger partial charge >= 0.3 is 0 Å². The molecule has 0 amide bonds. The van der Waals surface area contributed by atoms with Gasteiger partial charge in [-0.2, -0.15) is 4.98 Å². The molecule has 0 unspecified atom stereocenters. The van der Waals surface area contributed by atoms with Gasteiger partial charge in [-0.15, -0.1) is 0 Å². The number of nitrogens with two attached hydrogens (primary N) is 1. The van der Waals surface area contributed by atoms with E-state index >= 15 is 0 Å². The van der Waals surface area contributed by atoms with Crippen LogP contribution >= 0.6 is 0 Å². The van der Waals surface area contributed by atoms with E-state index in [-0.39, 0.29) is 0 Å². The Labute approximate surface area is 71.4 Å². The average molecular weight is 167 g/mol. The summed E-state index contributed by atoms with van der Waals surface area (Å²) in [5.41, 5.74) is 6.49. The zero-order valence-electron chi connectivity index (χ0n) is 7.21. The van der Waals surface area contributed by atoms with Gasteiger partial charge in [-0.25, -0.2) is 0 Å². The molecule has 1 aromatic rings. The fourth-order valence-corrected chi connectivity index (χ4v) is 1.49. The fourth-order valence-electron chi connectivity index (χ4n) is 1.49. The molecule has 1 aromatic heterocycles. The van der Waals surface area contributed by atoms with Crippen molar-refractivity contribution in [3.05, 3.63) is 11.5 Å². The fraction of sp³-hybridized carbons (Fsp3) is 0.625. The van der Waals surface area contributed by atoms with Gasteiger partial charge < -0.3 is 15.1 Å². The molecule has 12 heavy (non-hydrogen) atoms. The number of fused-ring (bicyclic) bond motifs is 1. The summed E-state index contributed by atoms with van der Waals surface area (Å²) in [6, 6.07) is 0.310. The lowest BCUT2D eigenvalue weighted by atomic mass is 10.2. The Kier molecular flexibility index (Phi) is 1.77. The summed E-state index contributed by atoms with van der Waals surface area (Å²) in [6.07, 6.45) is 1.88. The van der Waals surface area contributed by atoms with E-state index in [1.54, 1.807) is 0 Å². The van der Waals surface area contributed by atoms with Gasteiger partial charge in [0.05, 0.1) is 5.69 Å². The summed E-state index contributed by atoms with van der Waals surface area (Å²) >= 11 is 0. The molecule has 2 rings (SSSR count). The van der Waals surface area contributed by atoms with Crippen LogP contribution in [0.5, 0.6) is 0 Å². The first-order chi connectivity index (χ1) is 5.75. The van der Waals surface area contributed by atoms with E-state index in [2.05, 4.69) is 16.9 Å². The standard InChI is InChI=1S/C8H13N3O/c1-11-4-2-6-7(3-5-11)12-8(9)10-6/h2-5H2,1H3,(H2,9,10). The van der Waals surface area contributed by atoms with Crippen molar-refractivity contribution in [1.29, 1.82) is 0 Å². The summed E-state index contributed by atoms with van der Waals surface area (Å²) < 4.78 is 5.27. The van der Waals surface area contributed by atoms with Crippen molar-refractivity contribution in [3.8, 4) is 0 Å². The Morgan fingerprint density at radius 2 is 2.17 bits per heavy atom. The molecule has 0 aromatic carbocycles. The van der Waals surface area contributed by atoms with E-state index in [0.29, 0.717) is 6.01 Å². The summed E-state index contributed by atoms with van der Waals surface area (Å²) in [4.78, 5) is 6.40. The highest BCUT2D eigenvalue weighted by Crippen LogP contribution is 2.17. The lowest BCUT2D eigenvalue weighted by molar-refractivity contribution is 0.344. The van der Waals surface area contributed by atoms with Crippen LogP contribution in [-0.2, 0) is 12.8 Å². The summed E-state index contributed by atoms with van der Waals surface area (Å²) in [7, 11) is 2.11. The quantitative estimate of drug-likeness (QED) is 0.603. The Morgan fingerprint density at radius 1 is 1.42 bits per heavy atom. The van der Waals surface area contributed by atoms with Crippen molar-refractivity contribution in [3.63, 3.8) is 0 Å². The third kappa shape index (κ3) is 1.30. The molecule has 0 bridgehead atoms. The summed E-state index contributed by atoms with van der Waals surface area (Å²) in [6.45, 7) is 2.07. The average Bonchev–Trinajstić information content (AvgIpc) is 2.31. The molecule has 66 valence electrons. The zero-order chi connectivity index (χ0) is 8.55. The first kappa shape index (κ1) is 7.61. The molecule has 4 heteroatoms. The summed E-state index contributed by atoms with van der Waals surface area (Å²) in [5.74, 6) is 0.969. The maximum absolute atomic E-state index is 5.45. The van der Waals surface area contributed by atoms with Gasteiger partial charge in [-0.3, -0.25) is 0 Å². The molecule has 0 atom stereocenters. The Hall–Kier alpha value is -1.03. The van der Waals surface area contributed by atoms with Gasteiger partial charge in [0.1, 0.15) is 5.76 Å². The third-order valence-corrected chi connectivity index (χ3v) is 2.25. The largest absolute Gasteiger partial charge is 0.429 e. The number of likely N-dealkylation sites (N-methyl/N-ethyl adjacent to an activating group) is 1. The van der Waals surface area contributed by atoms with Crippen LogP contribution < -0.4 is 5.73 Å². The maximum atomic E-state index is 5.45. The second-order valence-corrected chi connectivity index (χ2v) is 3.23. The van der Waals surface area contributed by atoms with Gasteiger partial charge in [0.15, 0.2) is 0 Å². The van der Waals surface area contributed by atoms with E-state index in [0.717, 1.165) is 37.4 Å². The lowest BCUT2D eigenvalue weighted by Gasteiger charge is -2.10. The number of hydrogen-bond donors (Lipinski definition) is 1. The topological polar surface area (TPSA) is 55.3 Å². The van der Waals surface area contributed by atoms with Crippen LogP contribution in [-0.4, -0.2) is 30.0 Å². The number of rotatable bonds is 0. The van der Waals surface area contributed by atoms with Crippen molar-refractivity contribution < 1.29 is 4.42 Å². The second kappa shape index (κ2) is 2.79. The van der Waals surface area contributed by atoms with E-state index in [9.17, 15) is 0 Å². The van der Waals surface area contributed by atoms with Crippen molar-refractivity contribution in [1.82, 2.24) is 9.88 Å². The summed E-state index contributed by atoms with van der Waals surface area (Å²) in [5, 5.41) is 0. The number of nitrogens with zero attached hydrogens (tertiary/aromatic N) is 2. The van der Waals surface area contributed by atoms with Gasteiger partial charge in [-0.05, 0) is 7.05 Å². The van der Waals surface area contributed by atoms with Gasteiger partial charge in [0.2, 0.25) is 0 Å². The monoisotopic (exact) mass is 167 g/mol. The smallest absolute Gasteiger partial charge is 0.292 e. The minimum atomic E-state index is 0.310. The normalized spacial score (nSPS) is 18.8. The first-order valence-electron chi connectivity index (χ1n) is 4.18. The highest BCUT2D eigenvalue weighted by atomic mass is 16.4. The number of aromatic nitrogens is 1. The van der Waals surface area contributed by atoms with Crippen molar-refractivity contribution in [2.24, 2.45) is 0 Å². The van der Waals surface area contributed by atoms with Gasteiger partial charge in [0.25, 0.3) is 6.01 Å². The molecule has 0 fully saturated rings. The highest BCUT2D eigenvalue weighted by Gasteiger charge is 2.16. The number of nitrogen functional groups attached to an aromatic ring is 1. The SMILES string of the molecule is CN1CCc2nc(N)oc2CC1. The molecule has 2 heterocycles. The van der Waals surface area contributed by atoms with Crippen LogP contribution in [0.4, 0.5) is 6.01 Å². The predicted octanol–water partition coefficient (Wildman–Crippen LogP) is 0.287. The van der Waals surface area contributed by atoms with Crippen LogP contribution in [0, 0.1) is 0 Å². The molecule has 0 radical (unpaired) electrons. The predicted molar refractivity (Wildman–Crippen MR) is 45.8 cm³/mol. The third-order valence-electron chi connectivity index (χ3n) is 2.25. The van der Waals surface area contributed by atoms with Gasteiger partial charge in [0, 0.05) is 25.9 Å². The Bertz CT molecular complexity index is 256. The highest BCUT2D eigenvalue weighted by molar-refractivity contribution is 5.21. The molecular weight excluding hydrogens is 154 g/mol. The molecule has 4 nitrogen and oxygen atoms in total. The Morgan fingerprint density at radius 3 is 3.00 bits per heavy atom. The zero-order valence-corrected chi connectivity index (χ0v) is 7.21. The number of anilines is 1. The van der Waals surface area contributed by atoms with Crippen LogP contribution in [0.1, 0.15) is 11.5 Å². The molecule has 0 saturated heterocycles. The van der Waals surface area contributed by atoms with Crippen LogP contribution in [0.15, 0.2) is 4.42 Å². The molecule has 1 aliphatic rings. The Balaban J connectivity index is 2.24. The van der Waals surface area contributed by atoms with Crippen molar-refractivity contribution >= 4 is 6.01 Å². The van der Waals surface area contributed by atoms with Crippen LogP contribution in [0.2, 0.25) is 0 Å². The van der Waals surface area contributed by atoms with Crippen LogP contribution in [0.25, 0.3) is 0 Å². The molecule has 0 spiro atoms. The molecular formula is C8H13N3O. The van der Waals surface area contributed by atoms with E-state index < -0.39 is 0 Å². The second-order valence-electron chi connectivity index (χ2n) is 3.23. The first-order valence-corrected chi connectivity index (χ1v) is 4.18. The van der Waals surface area contributed by atoms with E-state index in [1.807, 2.05) is 0 Å². The number of oxazole rings is 1. The van der Waals surface area contributed by atoms with Gasteiger partial charge in [-0.1, -0.05) is 0 Å². The molecule has 2 N–H and O–H groups in total.